The Hall–Kier alpha value is -0.0800. The molecule has 0 bridgehead atoms. The largest absolute Gasteiger partial charge is 0.315 e. The minimum Gasteiger partial charge on any atom is -0.315 e. The lowest BCUT2D eigenvalue weighted by Gasteiger charge is -2.06. The van der Waals surface area contributed by atoms with Crippen molar-refractivity contribution < 1.29 is 0 Å². The molecule has 0 aromatic rings. The van der Waals surface area contributed by atoms with Crippen LogP contribution in [-0.2, 0) is 0 Å². The van der Waals surface area contributed by atoms with Gasteiger partial charge in [0, 0.05) is 13.1 Å². The molecule has 0 spiro atoms. The topological polar surface area (TPSA) is 24.1 Å². The van der Waals surface area contributed by atoms with E-state index in [-0.39, 0.29) is 0 Å². The smallest absolute Gasteiger partial charge is 0.00768 e. The summed E-state index contributed by atoms with van der Waals surface area (Å²) in [6.07, 6.45) is 11.3. The zero-order valence-corrected chi connectivity index (χ0v) is 11.1. The Labute approximate surface area is 102 Å². The first-order valence-corrected chi connectivity index (χ1v) is 7.35. The Morgan fingerprint density at radius 1 is 0.812 bits per heavy atom. The highest BCUT2D eigenvalue weighted by Crippen LogP contribution is 2.27. The molecule has 0 amide bonds. The van der Waals surface area contributed by atoms with Crippen molar-refractivity contribution in [2.75, 3.05) is 26.2 Å². The van der Waals surface area contributed by atoms with Crippen LogP contribution < -0.4 is 10.6 Å². The zero-order valence-electron chi connectivity index (χ0n) is 11.1. The molecule has 0 aromatic heterocycles. The van der Waals surface area contributed by atoms with Gasteiger partial charge in [-0.15, -0.1) is 0 Å². The van der Waals surface area contributed by atoms with Gasteiger partial charge >= 0.3 is 0 Å². The van der Waals surface area contributed by atoms with E-state index in [1.54, 1.807) is 0 Å². The molecule has 2 nitrogen and oxygen atoms in total. The highest BCUT2D eigenvalue weighted by molar-refractivity contribution is 4.75. The molecule has 2 N–H and O–H groups in total. The van der Waals surface area contributed by atoms with E-state index in [0.717, 1.165) is 19.0 Å². The third kappa shape index (κ3) is 9.17. The van der Waals surface area contributed by atoms with E-state index >= 15 is 0 Å². The van der Waals surface area contributed by atoms with Crippen molar-refractivity contribution in [3.8, 4) is 0 Å². The summed E-state index contributed by atoms with van der Waals surface area (Å²) < 4.78 is 0. The predicted octanol–water partition coefficient (Wildman–Crippen LogP) is 2.94. The first-order chi connectivity index (χ1) is 7.93. The Kier molecular flexibility index (Phi) is 8.83. The number of hydrogen-bond acceptors (Lipinski definition) is 2. The minimum absolute atomic E-state index is 1.01. The third-order valence-corrected chi connectivity index (χ3v) is 3.32. The summed E-state index contributed by atoms with van der Waals surface area (Å²) in [4.78, 5) is 0. The van der Waals surface area contributed by atoms with Gasteiger partial charge in [0.25, 0.3) is 0 Å². The standard InChI is InChI=1S/C14H30N2/c1-2-3-4-5-6-7-10-15-11-12-16-13-14-8-9-14/h14-16H,2-13H2,1H3. The Morgan fingerprint density at radius 2 is 1.50 bits per heavy atom. The summed E-state index contributed by atoms with van der Waals surface area (Å²) in [5.74, 6) is 1.01. The summed E-state index contributed by atoms with van der Waals surface area (Å²) in [6.45, 7) is 7.01. The zero-order chi connectivity index (χ0) is 11.5. The van der Waals surface area contributed by atoms with Crippen LogP contribution in [0, 0.1) is 5.92 Å². The second kappa shape index (κ2) is 10.1. The number of rotatable bonds is 12. The number of nitrogens with one attached hydrogen (secondary N) is 2. The normalized spacial score (nSPS) is 15.6. The van der Waals surface area contributed by atoms with Crippen molar-refractivity contribution in [1.29, 1.82) is 0 Å². The summed E-state index contributed by atoms with van der Waals surface area (Å²) >= 11 is 0. The molecule has 1 saturated carbocycles. The predicted molar refractivity (Wildman–Crippen MR) is 71.8 cm³/mol. The van der Waals surface area contributed by atoms with Crippen LogP contribution in [0.15, 0.2) is 0 Å². The second-order valence-electron chi connectivity index (χ2n) is 5.17. The molecule has 0 saturated heterocycles. The SMILES string of the molecule is CCCCCCCCNCCNCC1CC1. The highest BCUT2D eigenvalue weighted by atomic mass is 14.9. The first kappa shape index (κ1) is 14.0. The van der Waals surface area contributed by atoms with Gasteiger partial charge in [-0.3, -0.25) is 0 Å². The molecule has 1 aliphatic carbocycles. The van der Waals surface area contributed by atoms with E-state index in [9.17, 15) is 0 Å². The molecule has 0 aliphatic heterocycles. The van der Waals surface area contributed by atoms with Gasteiger partial charge in [0.1, 0.15) is 0 Å². The molecule has 0 atom stereocenters. The Morgan fingerprint density at radius 3 is 2.25 bits per heavy atom. The number of hydrogen-bond donors (Lipinski definition) is 2. The van der Waals surface area contributed by atoms with Crippen LogP contribution in [0.4, 0.5) is 0 Å². The third-order valence-electron chi connectivity index (χ3n) is 3.32. The van der Waals surface area contributed by atoms with Gasteiger partial charge in [-0.2, -0.15) is 0 Å². The van der Waals surface area contributed by atoms with E-state index in [1.165, 1.54) is 64.5 Å². The van der Waals surface area contributed by atoms with Crippen LogP contribution >= 0.6 is 0 Å². The highest BCUT2D eigenvalue weighted by Gasteiger charge is 2.19. The summed E-state index contributed by atoms with van der Waals surface area (Å²) in [6, 6.07) is 0. The molecule has 1 fully saturated rings. The average Bonchev–Trinajstić information content (AvgIpc) is 3.10. The monoisotopic (exact) mass is 226 g/mol. The Bertz CT molecular complexity index is 144. The van der Waals surface area contributed by atoms with Crippen molar-refractivity contribution in [2.45, 2.75) is 58.3 Å². The fourth-order valence-electron chi connectivity index (χ4n) is 1.96. The van der Waals surface area contributed by atoms with Crippen molar-refractivity contribution >= 4 is 0 Å². The fraction of sp³-hybridized carbons (Fsp3) is 1.00. The Balaban J connectivity index is 1.61. The molecule has 0 unspecified atom stereocenters. The van der Waals surface area contributed by atoms with Crippen LogP contribution in [0.3, 0.4) is 0 Å². The van der Waals surface area contributed by atoms with Crippen LogP contribution in [0.5, 0.6) is 0 Å². The lowest BCUT2D eigenvalue weighted by Crippen LogP contribution is -2.29. The molecule has 16 heavy (non-hydrogen) atoms. The number of unbranched alkanes of at least 4 members (excludes halogenated alkanes) is 5. The van der Waals surface area contributed by atoms with Gasteiger partial charge in [-0.1, -0.05) is 39.0 Å². The van der Waals surface area contributed by atoms with Gasteiger partial charge < -0.3 is 10.6 Å². The first-order valence-electron chi connectivity index (χ1n) is 7.35. The van der Waals surface area contributed by atoms with E-state index < -0.39 is 0 Å². The second-order valence-corrected chi connectivity index (χ2v) is 5.17. The van der Waals surface area contributed by atoms with E-state index in [4.69, 9.17) is 0 Å². The van der Waals surface area contributed by atoms with Gasteiger partial charge in [0.05, 0.1) is 0 Å². The average molecular weight is 226 g/mol. The molecule has 1 rings (SSSR count). The van der Waals surface area contributed by atoms with Crippen molar-refractivity contribution in [3.05, 3.63) is 0 Å². The lowest BCUT2D eigenvalue weighted by molar-refractivity contribution is 0.551. The van der Waals surface area contributed by atoms with E-state index in [1.807, 2.05) is 0 Å². The molecule has 0 aromatic carbocycles. The quantitative estimate of drug-likeness (QED) is 0.500. The maximum atomic E-state index is 3.51. The van der Waals surface area contributed by atoms with Crippen LogP contribution in [0.1, 0.15) is 58.3 Å². The lowest BCUT2D eigenvalue weighted by atomic mass is 10.1. The maximum absolute atomic E-state index is 3.51. The summed E-state index contributed by atoms with van der Waals surface area (Å²) in [5, 5.41) is 7.01. The van der Waals surface area contributed by atoms with Gasteiger partial charge in [0.2, 0.25) is 0 Å². The molecule has 96 valence electrons. The van der Waals surface area contributed by atoms with Crippen molar-refractivity contribution in [3.63, 3.8) is 0 Å². The fourth-order valence-corrected chi connectivity index (χ4v) is 1.96. The van der Waals surface area contributed by atoms with E-state index in [2.05, 4.69) is 17.6 Å². The van der Waals surface area contributed by atoms with Gasteiger partial charge in [0.15, 0.2) is 0 Å². The van der Waals surface area contributed by atoms with E-state index in [0.29, 0.717) is 0 Å². The molecular formula is C14H30N2. The molecule has 1 aliphatic rings. The van der Waals surface area contributed by atoms with Gasteiger partial charge in [-0.05, 0) is 38.3 Å². The minimum atomic E-state index is 1.01. The summed E-state index contributed by atoms with van der Waals surface area (Å²) in [5.41, 5.74) is 0. The molecule has 0 radical (unpaired) electrons. The van der Waals surface area contributed by atoms with Crippen LogP contribution in [0.2, 0.25) is 0 Å². The van der Waals surface area contributed by atoms with Crippen LogP contribution in [-0.4, -0.2) is 26.2 Å². The van der Waals surface area contributed by atoms with Gasteiger partial charge in [-0.25, -0.2) is 0 Å². The molecule has 2 heteroatoms. The maximum Gasteiger partial charge on any atom is 0.00768 e. The molecule has 0 heterocycles. The summed E-state index contributed by atoms with van der Waals surface area (Å²) in [7, 11) is 0. The van der Waals surface area contributed by atoms with Crippen molar-refractivity contribution in [1.82, 2.24) is 10.6 Å². The van der Waals surface area contributed by atoms with Crippen molar-refractivity contribution in [2.24, 2.45) is 5.92 Å². The molecular weight excluding hydrogens is 196 g/mol. The van der Waals surface area contributed by atoms with Crippen LogP contribution in [0.25, 0.3) is 0 Å².